The summed E-state index contributed by atoms with van der Waals surface area (Å²) in [6.45, 7) is 5.12. The van der Waals surface area contributed by atoms with Gasteiger partial charge in [0, 0.05) is 36.2 Å². The summed E-state index contributed by atoms with van der Waals surface area (Å²) < 4.78 is 0. The molecule has 6 heteroatoms. The van der Waals surface area contributed by atoms with Gasteiger partial charge in [-0.25, -0.2) is 0 Å². The van der Waals surface area contributed by atoms with Crippen LogP contribution in [0.1, 0.15) is 25.8 Å². The second kappa shape index (κ2) is 7.09. The topological polar surface area (TPSA) is 63.5 Å². The second-order valence-corrected chi connectivity index (χ2v) is 4.53. The number of halogens is 1. The Bertz CT molecular complexity index is 473. The van der Waals surface area contributed by atoms with E-state index in [-0.39, 0.29) is 18.0 Å². The van der Waals surface area contributed by atoms with Gasteiger partial charge in [0.15, 0.2) is 0 Å². The molecule has 1 aromatic rings. The van der Waals surface area contributed by atoms with E-state index < -0.39 is 4.92 Å². The standard InChI is InChI=1S/C13H17ClN2O3/c1-3-15(4-2)13(17)8-6-10-5-7-11(14)9-12(10)16(18)19/h5,7,9H,3-4,6,8H2,1-2H3. The van der Waals surface area contributed by atoms with Crippen LogP contribution in [0.5, 0.6) is 0 Å². The Morgan fingerprint density at radius 3 is 2.53 bits per heavy atom. The molecule has 0 aliphatic rings. The van der Waals surface area contributed by atoms with E-state index in [1.807, 2.05) is 13.8 Å². The molecule has 0 aliphatic carbocycles. The molecule has 1 aromatic carbocycles. The van der Waals surface area contributed by atoms with Crippen LogP contribution in [-0.4, -0.2) is 28.8 Å². The van der Waals surface area contributed by atoms with Gasteiger partial charge < -0.3 is 4.90 Å². The van der Waals surface area contributed by atoms with Gasteiger partial charge in [0.05, 0.1) is 4.92 Å². The third-order valence-corrected chi connectivity index (χ3v) is 3.20. The summed E-state index contributed by atoms with van der Waals surface area (Å²) in [6, 6.07) is 4.53. The van der Waals surface area contributed by atoms with Gasteiger partial charge in [0.25, 0.3) is 5.69 Å². The van der Waals surface area contributed by atoms with Crippen LogP contribution in [0, 0.1) is 10.1 Å². The third kappa shape index (κ3) is 4.21. The summed E-state index contributed by atoms with van der Waals surface area (Å²) in [5, 5.41) is 11.2. The monoisotopic (exact) mass is 284 g/mol. The first kappa shape index (κ1) is 15.4. The van der Waals surface area contributed by atoms with Crippen molar-refractivity contribution in [2.45, 2.75) is 26.7 Å². The van der Waals surface area contributed by atoms with Gasteiger partial charge in [0.1, 0.15) is 0 Å². The Hall–Kier alpha value is -1.62. The molecular formula is C13H17ClN2O3. The molecule has 0 fully saturated rings. The zero-order valence-corrected chi connectivity index (χ0v) is 11.8. The number of hydrogen-bond donors (Lipinski definition) is 0. The zero-order valence-electron chi connectivity index (χ0n) is 11.1. The molecule has 0 aromatic heterocycles. The van der Waals surface area contributed by atoms with E-state index in [4.69, 9.17) is 11.6 Å². The van der Waals surface area contributed by atoms with Crippen molar-refractivity contribution < 1.29 is 9.72 Å². The third-order valence-electron chi connectivity index (χ3n) is 2.97. The Morgan fingerprint density at radius 1 is 1.37 bits per heavy atom. The van der Waals surface area contributed by atoms with E-state index in [1.165, 1.54) is 6.07 Å². The summed E-state index contributed by atoms with van der Waals surface area (Å²) in [5.41, 5.74) is 0.509. The van der Waals surface area contributed by atoms with Crippen LogP contribution in [0.4, 0.5) is 5.69 Å². The first-order chi connectivity index (χ1) is 8.99. The fourth-order valence-corrected chi connectivity index (χ4v) is 2.06. The van der Waals surface area contributed by atoms with Crippen LogP contribution in [0.25, 0.3) is 0 Å². The minimum atomic E-state index is -0.469. The van der Waals surface area contributed by atoms with Crippen molar-refractivity contribution >= 4 is 23.2 Å². The van der Waals surface area contributed by atoms with Gasteiger partial charge in [-0.05, 0) is 26.3 Å². The maximum Gasteiger partial charge on any atom is 0.274 e. The van der Waals surface area contributed by atoms with E-state index in [9.17, 15) is 14.9 Å². The molecule has 0 unspecified atom stereocenters. The van der Waals surface area contributed by atoms with Crippen LogP contribution in [0.15, 0.2) is 18.2 Å². The lowest BCUT2D eigenvalue weighted by molar-refractivity contribution is -0.385. The maximum absolute atomic E-state index is 11.9. The van der Waals surface area contributed by atoms with Crippen molar-refractivity contribution in [1.82, 2.24) is 4.90 Å². The Labute approximate surface area is 117 Å². The number of nitro groups is 1. The summed E-state index contributed by atoms with van der Waals surface area (Å²) in [5.74, 6) is 0.00856. The van der Waals surface area contributed by atoms with Gasteiger partial charge in [0.2, 0.25) is 5.91 Å². The molecule has 5 nitrogen and oxygen atoms in total. The van der Waals surface area contributed by atoms with Crippen molar-refractivity contribution in [2.24, 2.45) is 0 Å². The van der Waals surface area contributed by atoms with Crippen molar-refractivity contribution in [2.75, 3.05) is 13.1 Å². The van der Waals surface area contributed by atoms with Crippen LogP contribution < -0.4 is 0 Å². The first-order valence-electron chi connectivity index (χ1n) is 6.20. The molecule has 0 aliphatic heterocycles. The maximum atomic E-state index is 11.9. The van der Waals surface area contributed by atoms with Crippen molar-refractivity contribution in [3.05, 3.63) is 38.9 Å². The molecule has 0 atom stereocenters. The van der Waals surface area contributed by atoms with Crippen molar-refractivity contribution in [3.63, 3.8) is 0 Å². The predicted molar refractivity (Wildman–Crippen MR) is 74.4 cm³/mol. The highest BCUT2D eigenvalue weighted by molar-refractivity contribution is 6.30. The molecule has 0 bridgehead atoms. The second-order valence-electron chi connectivity index (χ2n) is 4.10. The number of aryl methyl sites for hydroxylation is 1. The van der Waals surface area contributed by atoms with Gasteiger partial charge in [-0.3, -0.25) is 14.9 Å². The van der Waals surface area contributed by atoms with E-state index in [0.717, 1.165) is 0 Å². The molecule has 0 radical (unpaired) electrons. The smallest absolute Gasteiger partial charge is 0.274 e. The quantitative estimate of drug-likeness (QED) is 0.596. The molecule has 0 heterocycles. The fourth-order valence-electron chi connectivity index (χ4n) is 1.89. The minimum Gasteiger partial charge on any atom is -0.343 e. The van der Waals surface area contributed by atoms with E-state index >= 15 is 0 Å². The highest BCUT2D eigenvalue weighted by Crippen LogP contribution is 2.24. The zero-order chi connectivity index (χ0) is 14.4. The van der Waals surface area contributed by atoms with Gasteiger partial charge >= 0.3 is 0 Å². The van der Waals surface area contributed by atoms with E-state index in [0.29, 0.717) is 30.1 Å². The Balaban J connectivity index is 2.78. The molecule has 0 N–H and O–H groups in total. The molecule has 1 rings (SSSR count). The molecule has 1 amide bonds. The number of rotatable bonds is 6. The number of nitro benzene ring substituents is 1. The Morgan fingerprint density at radius 2 is 2.00 bits per heavy atom. The Kier molecular flexibility index (Phi) is 5.76. The SMILES string of the molecule is CCN(CC)C(=O)CCc1ccc(Cl)cc1[N+](=O)[O-]. The highest BCUT2D eigenvalue weighted by Gasteiger charge is 2.16. The largest absolute Gasteiger partial charge is 0.343 e. The number of carbonyl (C=O) groups excluding carboxylic acids is 1. The molecule has 104 valence electrons. The summed E-state index contributed by atoms with van der Waals surface area (Å²) in [6.07, 6.45) is 0.618. The van der Waals surface area contributed by atoms with Crippen molar-refractivity contribution in [3.8, 4) is 0 Å². The first-order valence-corrected chi connectivity index (χ1v) is 6.58. The van der Waals surface area contributed by atoms with Crippen LogP contribution in [0.3, 0.4) is 0 Å². The van der Waals surface area contributed by atoms with E-state index in [2.05, 4.69) is 0 Å². The number of amides is 1. The van der Waals surface area contributed by atoms with Gasteiger partial charge in [-0.2, -0.15) is 0 Å². The fraction of sp³-hybridized carbons (Fsp3) is 0.462. The average Bonchev–Trinajstić information content (AvgIpc) is 2.38. The molecular weight excluding hydrogens is 268 g/mol. The van der Waals surface area contributed by atoms with Gasteiger partial charge in [-0.1, -0.05) is 17.7 Å². The lowest BCUT2D eigenvalue weighted by Crippen LogP contribution is -2.30. The van der Waals surface area contributed by atoms with Crippen LogP contribution in [-0.2, 0) is 11.2 Å². The number of carbonyl (C=O) groups is 1. The van der Waals surface area contributed by atoms with Crippen LogP contribution >= 0.6 is 11.6 Å². The number of hydrogen-bond acceptors (Lipinski definition) is 3. The summed E-state index contributed by atoms with van der Waals surface area (Å²) in [4.78, 5) is 24.0. The van der Waals surface area contributed by atoms with E-state index in [1.54, 1.807) is 17.0 Å². The molecule has 0 saturated carbocycles. The number of nitrogens with zero attached hydrogens (tertiary/aromatic N) is 2. The summed E-state index contributed by atoms with van der Waals surface area (Å²) in [7, 11) is 0. The van der Waals surface area contributed by atoms with Crippen molar-refractivity contribution in [1.29, 1.82) is 0 Å². The number of benzene rings is 1. The molecule has 0 spiro atoms. The lowest BCUT2D eigenvalue weighted by atomic mass is 10.1. The lowest BCUT2D eigenvalue weighted by Gasteiger charge is -2.18. The molecule has 0 saturated heterocycles. The normalized spacial score (nSPS) is 10.3. The minimum absolute atomic E-state index is 0.00856. The van der Waals surface area contributed by atoms with Crippen LogP contribution in [0.2, 0.25) is 5.02 Å². The molecule has 19 heavy (non-hydrogen) atoms. The van der Waals surface area contributed by atoms with Gasteiger partial charge in [-0.15, -0.1) is 0 Å². The highest BCUT2D eigenvalue weighted by atomic mass is 35.5. The predicted octanol–water partition coefficient (Wildman–Crippen LogP) is 3.05. The average molecular weight is 285 g/mol. The summed E-state index contributed by atoms with van der Waals surface area (Å²) >= 11 is 5.74.